The van der Waals surface area contributed by atoms with Gasteiger partial charge in [-0.2, -0.15) is 10.1 Å². The average molecular weight is 250 g/mol. The lowest BCUT2D eigenvalue weighted by atomic mass is 10.4. The van der Waals surface area contributed by atoms with Gasteiger partial charge in [0.1, 0.15) is 5.82 Å². The fraction of sp³-hybridized carbons (Fsp3) is 0.111. The molecule has 0 bridgehead atoms. The number of pyridine rings is 1. The molecule has 0 aliphatic heterocycles. The third-order valence-electron chi connectivity index (χ3n) is 2.08. The molecule has 3 N–H and O–H groups in total. The Bertz CT molecular complexity index is 581. The highest BCUT2D eigenvalue weighted by Crippen LogP contribution is 2.30. The second-order valence-electron chi connectivity index (χ2n) is 3.37. The van der Waals surface area contributed by atoms with Gasteiger partial charge >= 0.3 is 11.6 Å². The van der Waals surface area contributed by atoms with Crippen molar-refractivity contribution < 1.29 is 9.66 Å². The van der Waals surface area contributed by atoms with Gasteiger partial charge in [0, 0.05) is 13.1 Å². The average Bonchev–Trinajstić information content (AvgIpc) is 2.74. The summed E-state index contributed by atoms with van der Waals surface area (Å²) in [4.78, 5) is 14.1. The summed E-state index contributed by atoms with van der Waals surface area (Å²) in [5.74, 6) is 5.65. The number of nitro groups is 1. The minimum atomic E-state index is -0.584. The monoisotopic (exact) mass is 250 g/mol. The summed E-state index contributed by atoms with van der Waals surface area (Å²) >= 11 is 0. The zero-order chi connectivity index (χ0) is 13.1. The second-order valence-corrected chi connectivity index (χ2v) is 3.37. The molecule has 94 valence electrons. The minimum absolute atomic E-state index is 0.150. The van der Waals surface area contributed by atoms with Gasteiger partial charge in [-0.05, 0) is 6.07 Å². The van der Waals surface area contributed by atoms with Gasteiger partial charge in [-0.1, -0.05) is 0 Å². The molecule has 0 unspecified atom stereocenters. The molecule has 2 aromatic rings. The first kappa shape index (κ1) is 11.8. The van der Waals surface area contributed by atoms with Crippen LogP contribution in [0, 0.1) is 10.1 Å². The van der Waals surface area contributed by atoms with E-state index in [1.807, 2.05) is 0 Å². The van der Waals surface area contributed by atoms with Crippen LogP contribution in [0.2, 0.25) is 0 Å². The van der Waals surface area contributed by atoms with E-state index >= 15 is 0 Å². The summed E-state index contributed by atoms with van der Waals surface area (Å²) in [6.45, 7) is 0. The zero-order valence-electron chi connectivity index (χ0n) is 9.40. The molecule has 0 saturated heterocycles. The van der Waals surface area contributed by atoms with Gasteiger partial charge in [0.2, 0.25) is 0 Å². The molecule has 0 saturated carbocycles. The third kappa shape index (κ3) is 2.35. The summed E-state index contributed by atoms with van der Waals surface area (Å²) in [5, 5.41) is 14.7. The summed E-state index contributed by atoms with van der Waals surface area (Å²) in [6.07, 6.45) is 2.99. The predicted molar refractivity (Wildman–Crippen MR) is 62.0 cm³/mol. The maximum absolute atomic E-state index is 10.8. The van der Waals surface area contributed by atoms with Gasteiger partial charge in [-0.25, -0.2) is 5.84 Å². The molecule has 0 aromatic carbocycles. The Morgan fingerprint density at radius 3 is 2.89 bits per heavy atom. The van der Waals surface area contributed by atoms with Crippen LogP contribution in [-0.2, 0) is 7.05 Å². The first-order valence-corrected chi connectivity index (χ1v) is 4.88. The molecule has 0 amide bonds. The van der Waals surface area contributed by atoms with Crippen molar-refractivity contribution in [3.05, 3.63) is 34.6 Å². The van der Waals surface area contributed by atoms with Gasteiger partial charge in [0.25, 0.3) is 0 Å². The Morgan fingerprint density at radius 1 is 1.56 bits per heavy atom. The molecule has 2 aromatic heterocycles. The van der Waals surface area contributed by atoms with E-state index in [4.69, 9.17) is 10.6 Å². The minimum Gasteiger partial charge on any atom is -0.430 e. The number of nitrogens with one attached hydrogen (secondary N) is 1. The number of nitrogens with two attached hydrogens (primary N) is 1. The third-order valence-corrected chi connectivity index (χ3v) is 2.08. The SMILES string of the molecule is Cn1cc(Oc2nc(NN)ccc2[N+](=O)[O-])cn1. The van der Waals surface area contributed by atoms with Crippen LogP contribution in [-0.4, -0.2) is 19.7 Å². The number of hydrogen-bond acceptors (Lipinski definition) is 7. The molecule has 0 spiro atoms. The molecule has 2 heterocycles. The van der Waals surface area contributed by atoms with Crippen LogP contribution in [0.1, 0.15) is 0 Å². The molecule has 0 radical (unpaired) electrons. The van der Waals surface area contributed by atoms with E-state index in [0.717, 1.165) is 0 Å². The van der Waals surface area contributed by atoms with Crippen LogP contribution in [0.4, 0.5) is 11.5 Å². The van der Waals surface area contributed by atoms with E-state index in [-0.39, 0.29) is 17.4 Å². The van der Waals surface area contributed by atoms with Crippen LogP contribution in [0.25, 0.3) is 0 Å². The van der Waals surface area contributed by atoms with Crippen LogP contribution in [0.3, 0.4) is 0 Å². The van der Waals surface area contributed by atoms with Gasteiger partial charge in [0.05, 0.1) is 17.3 Å². The molecule has 9 heteroatoms. The lowest BCUT2D eigenvalue weighted by Crippen LogP contribution is -2.09. The van der Waals surface area contributed by atoms with Crippen molar-refractivity contribution in [2.75, 3.05) is 5.43 Å². The van der Waals surface area contributed by atoms with E-state index in [2.05, 4.69) is 15.5 Å². The summed E-state index contributed by atoms with van der Waals surface area (Å²) in [7, 11) is 1.70. The van der Waals surface area contributed by atoms with Gasteiger partial charge in [-0.3, -0.25) is 14.8 Å². The number of anilines is 1. The van der Waals surface area contributed by atoms with E-state index in [1.165, 1.54) is 23.0 Å². The number of rotatable bonds is 4. The molecule has 2 rings (SSSR count). The second kappa shape index (κ2) is 4.67. The van der Waals surface area contributed by atoms with Crippen molar-refractivity contribution in [2.24, 2.45) is 12.9 Å². The topological polar surface area (TPSA) is 121 Å². The highest BCUT2D eigenvalue weighted by molar-refractivity contribution is 5.49. The highest BCUT2D eigenvalue weighted by atomic mass is 16.6. The Balaban J connectivity index is 2.37. The van der Waals surface area contributed by atoms with Crippen molar-refractivity contribution in [3.8, 4) is 11.6 Å². The molecule has 9 nitrogen and oxygen atoms in total. The number of aryl methyl sites for hydroxylation is 1. The van der Waals surface area contributed by atoms with Crippen molar-refractivity contribution in [1.29, 1.82) is 0 Å². The Morgan fingerprint density at radius 2 is 2.33 bits per heavy atom. The smallest absolute Gasteiger partial charge is 0.331 e. The normalized spacial score (nSPS) is 10.1. The molecule has 0 aliphatic rings. The van der Waals surface area contributed by atoms with Gasteiger partial charge in [-0.15, -0.1) is 0 Å². The lowest BCUT2D eigenvalue weighted by Gasteiger charge is -2.04. The Hall–Kier alpha value is -2.68. The highest BCUT2D eigenvalue weighted by Gasteiger charge is 2.18. The molecule has 0 atom stereocenters. The molecule has 0 aliphatic carbocycles. The number of nitrogens with zero attached hydrogens (tertiary/aromatic N) is 4. The zero-order valence-corrected chi connectivity index (χ0v) is 9.40. The number of nitrogen functional groups attached to an aromatic ring is 1. The quantitative estimate of drug-likeness (QED) is 0.467. The number of hydrogen-bond donors (Lipinski definition) is 2. The summed E-state index contributed by atoms with van der Waals surface area (Å²) < 4.78 is 6.81. The first-order chi connectivity index (χ1) is 8.60. The van der Waals surface area contributed by atoms with Crippen LogP contribution in [0.5, 0.6) is 11.6 Å². The fourth-order valence-corrected chi connectivity index (χ4v) is 1.29. The Kier molecular flexibility index (Phi) is 3.06. The molecular formula is C9H10N6O3. The van der Waals surface area contributed by atoms with Crippen molar-refractivity contribution in [3.63, 3.8) is 0 Å². The summed E-state index contributed by atoms with van der Waals surface area (Å²) in [6, 6.07) is 2.64. The van der Waals surface area contributed by atoms with E-state index in [1.54, 1.807) is 13.2 Å². The largest absolute Gasteiger partial charge is 0.430 e. The fourth-order valence-electron chi connectivity index (χ4n) is 1.29. The maximum atomic E-state index is 10.8. The number of hydrazine groups is 1. The number of aromatic nitrogens is 3. The first-order valence-electron chi connectivity index (χ1n) is 4.88. The van der Waals surface area contributed by atoms with E-state index in [0.29, 0.717) is 5.75 Å². The summed E-state index contributed by atoms with van der Waals surface area (Å²) in [5.41, 5.74) is 2.04. The van der Waals surface area contributed by atoms with Gasteiger partial charge in [0.15, 0.2) is 5.75 Å². The van der Waals surface area contributed by atoms with E-state index in [9.17, 15) is 10.1 Å². The van der Waals surface area contributed by atoms with Crippen LogP contribution in [0.15, 0.2) is 24.5 Å². The predicted octanol–water partition coefficient (Wildman–Crippen LogP) is 0.801. The van der Waals surface area contributed by atoms with Crippen molar-refractivity contribution in [2.45, 2.75) is 0 Å². The van der Waals surface area contributed by atoms with Crippen LogP contribution >= 0.6 is 0 Å². The maximum Gasteiger partial charge on any atom is 0.331 e. The molecular weight excluding hydrogens is 240 g/mol. The van der Waals surface area contributed by atoms with E-state index < -0.39 is 4.92 Å². The van der Waals surface area contributed by atoms with Crippen LogP contribution < -0.4 is 16.0 Å². The van der Waals surface area contributed by atoms with Gasteiger partial charge < -0.3 is 10.2 Å². The lowest BCUT2D eigenvalue weighted by molar-refractivity contribution is -0.386. The van der Waals surface area contributed by atoms with Crippen molar-refractivity contribution in [1.82, 2.24) is 14.8 Å². The Labute approximate surface area is 101 Å². The number of ether oxygens (including phenoxy) is 1. The standard InChI is InChI=1S/C9H10N6O3/c1-14-5-6(4-11-14)18-9-7(15(16)17)2-3-8(12-9)13-10/h2-5H,10H2,1H3,(H,12,13). The molecule has 18 heavy (non-hydrogen) atoms. The van der Waals surface area contributed by atoms with Crippen molar-refractivity contribution >= 4 is 11.5 Å². The molecule has 0 fully saturated rings.